The van der Waals surface area contributed by atoms with E-state index in [9.17, 15) is 0 Å². The second kappa shape index (κ2) is 16.4. The Hall–Kier alpha value is -6.85. The van der Waals surface area contributed by atoms with Crippen molar-refractivity contribution < 1.29 is 21.2 Å². The minimum absolute atomic E-state index is 0.512. The predicted molar refractivity (Wildman–Crippen MR) is 216 cm³/mol. The predicted octanol–water partition coefficient (Wildman–Crippen LogP) is 6.98. The average molecular weight is 824 g/mol. The molecule has 0 atom stereocenters. The van der Waals surface area contributed by atoms with Crippen LogP contribution in [0.2, 0.25) is 0 Å². The van der Waals surface area contributed by atoms with Crippen LogP contribution in [0.5, 0.6) is 0 Å². The molecule has 0 aliphatic heterocycles. The monoisotopic (exact) mass is 823 g/mol. The van der Waals surface area contributed by atoms with Gasteiger partial charge in [0.25, 0.3) is 0 Å². The van der Waals surface area contributed by atoms with E-state index in [-0.39, 0.29) is 0 Å². The zero-order valence-electron chi connectivity index (χ0n) is 29.4. The van der Waals surface area contributed by atoms with Crippen molar-refractivity contribution in [3.05, 3.63) is 182 Å². The van der Waals surface area contributed by atoms with Crippen LogP contribution < -0.4 is 21.2 Å². The van der Waals surface area contributed by atoms with Crippen LogP contribution in [0, 0.1) is 14.4 Å². The molecule has 2 aromatic heterocycles. The van der Waals surface area contributed by atoms with Crippen molar-refractivity contribution in [2.45, 2.75) is 0 Å². The van der Waals surface area contributed by atoms with Crippen molar-refractivity contribution in [2.24, 2.45) is 0 Å². The summed E-state index contributed by atoms with van der Waals surface area (Å²) >= 11 is -0.546. The Labute approximate surface area is 329 Å². The molecule has 0 spiro atoms. The number of hydrogen-bond donors (Lipinski definition) is 2. The zero-order chi connectivity index (χ0) is 37.4. The van der Waals surface area contributed by atoms with Gasteiger partial charge in [0.2, 0.25) is 0 Å². The summed E-state index contributed by atoms with van der Waals surface area (Å²) in [5, 5.41) is 16.6. The fraction of sp³-hybridized carbons (Fsp3) is 0. The van der Waals surface area contributed by atoms with Crippen molar-refractivity contribution in [1.82, 2.24) is 29.9 Å². The van der Waals surface area contributed by atoms with E-state index in [4.69, 9.17) is 40.7 Å². The Morgan fingerprint density at radius 1 is 0.382 bits per heavy atom. The molecule has 0 fully saturated rings. The van der Waals surface area contributed by atoms with Crippen molar-refractivity contribution in [1.29, 1.82) is 10.8 Å². The van der Waals surface area contributed by atoms with Crippen LogP contribution in [0.25, 0.3) is 74.4 Å². The fourth-order valence-corrected chi connectivity index (χ4v) is 7.88. The summed E-state index contributed by atoms with van der Waals surface area (Å²) < 4.78 is 3.34. The van der Waals surface area contributed by atoms with E-state index in [1.54, 1.807) is 0 Å². The maximum absolute atomic E-state index is 8.30. The molecule has 6 aromatic carbocycles. The van der Waals surface area contributed by atoms with Crippen molar-refractivity contribution in [3.8, 4) is 68.3 Å². The third-order valence-electron chi connectivity index (χ3n) is 8.73. The Morgan fingerprint density at radius 2 is 0.745 bits per heavy atom. The molecule has 0 radical (unpaired) electrons. The van der Waals surface area contributed by atoms with E-state index in [2.05, 4.69) is 22.3 Å². The standard InChI is InChI=1S/C46H32IN8/c48-29-36-27-31(21-23-39(36)45-52-41(32-13-5-1-6-14-32)50-42(53-45)33-15-7-2-8-16-33)25-26-47-38-22-24-40(37(28-38)30-49)46-54-43(34-17-9-3-10-18-34)51-44(55-46)35-19-11-4-12-20-35/h1-30,48-49H/q-1/b26-25+,48-29?,49-30?. The first-order chi connectivity index (χ1) is 27.1. The van der Waals surface area contributed by atoms with Crippen LogP contribution in [-0.2, 0) is 0 Å². The topological polar surface area (TPSA) is 125 Å². The molecule has 8 aromatic rings. The molecule has 2 heterocycles. The van der Waals surface area contributed by atoms with Gasteiger partial charge in [-0.1, -0.05) is 12.1 Å². The van der Waals surface area contributed by atoms with Crippen LogP contribution in [0.15, 0.2) is 162 Å². The van der Waals surface area contributed by atoms with Gasteiger partial charge in [-0.05, 0) is 0 Å². The number of nitrogens with zero attached hydrogens (tertiary/aromatic N) is 6. The molecule has 8 rings (SSSR count). The first-order valence-electron chi connectivity index (χ1n) is 17.5. The molecule has 0 bridgehead atoms. The molecule has 9 heteroatoms. The number of aromatic nitrogens is 6. The van der Waals surface area contributed by atoms with Gasteiger partial charge in [-0.3, -0.25) is 0 Å². The van der Waals surface area contributed by atoms with Gasteiger partial charge < -0.3 is 0 Å². The van der Waals surface area contributed by atoms with E-state index < -0.39 is 21.2 Å². The molecule has 0 amide bonds. The van der Waals surface area contributed by atoms with Gasteiger partial charge in [0.15, 0.2) is 0 Å². The first kappa shape index (κ1) is 35.2. The summed E-state index contributed by atoms with van der Waals surface area (Å²) in [6, 6.07) is 51.6. The fourth-order valence-electron chi connectivity index (χ4n) is 5.97. The van der Waals surface area contributed by atoms with Crippen LogP contribution in [0.4, 0.5) is 0 Å². The molecule has 55 heavy (non-hydrogen) atoms. The van der Waals surface area contributed by atoms with Gasteiger partial charge in [0, 0.05) is 0 Å². The Balaban J connectivity index is 1.07. The van der Waals surface area contributed by atoms with E-state index in [0.717, 1.165) is 48.1 Å². The molecular formula is C46H32IN8-. The SMILES string of the molecule is N=Cc1cc(/C=C/[I-]c2ccc(-c3nc(-c4ccccc4)nc(-c4ccccc4)n3)c(C=N)c2)ccc1-c1nc(-c2ccccc2)nc(-c2ccccc2)n1. The molecule has 2 N–H and O–H groups in total. The summed E-state index contributed by atoms with van der Waals surface area (Å²) in [5.74, 6) is 3.35. The van der Waals surface area contributed by atoms with E-state index in [0.29, 0.717) is 40.5 Å². The number of halogens is 1. The molecule has 0 saturated carbocycles. The molecule has 0 unspecified atom stereocenters. The van der Waals surface area contributed by atoms with Crippen LogP contribution in [-0.4, -0.2) is 42.3 Å². The number of nitrogens with one attached hydrogen (secondary N) is 2. The summed E-state index contributed by atoms with van der Waals surface area (Å²) in [7, 11) is 0. The summed E-state index contributed by atoms with van der Waals surface area (Å²) in [6.07, 6.45) is 4.80. The van der Waals surface area contributed by atoms with Gasteiger partial charge in [-0.2, -0.15) is 0 Å². The summed E-state index contributed by atoms with van der Waals surface area (Å²) in [5.41, 5.74) is 7.54. The minimum atomic E-state index is -0.546. The zero-order valence-corrected chi connectivity index (χ0v) is 31.5. The summed E-state index contributed by atoms with van der Waals surface area (Å²) in [4.78, 5) is 29.0. The third kappa shape index (κ3) is 8.07. The molecule has 8 nitrogen and oxygen atoms in total. The third-order valence-corrected chi connectivity index (χ3v) is 10.8. The second-order valence-electron chi connectivity index (χ2n) is 12.3. The molecular weight excluding hydrogens is 791 g/mol. The summed E-state index contributed by atoms with van der Waals surface area (Å²) in [6.45, 7) is 0. The van der Waals surface area contributed by atoms with Crippen LogP contribution in [0.3, 0.4) is 0 Å². The second-order valence-corrected chi connectivity index (χ2v) is 14.9. The number of hydrogen-bond acceptors (Lipinski definition) is 8. The Kier molecular flexibility index (Phi) is 10.5. The Bertz CT molecular complexity index is 2530. The van der Waals surface area contributed by atoms with Gasteiger partial charge in [-0.25, -0.2) is 0 Å². The maximum atomic E-state index is 8.30. The van der Waals surface area contributed by atoms with Crippen LogP contribution in [0.1, 0.15) is 16.7 Å². The number of benzene rings is 6. The molecule has 0 saturated heterocycles. The Morgan fingerprint density at radius 3 is 1.15 bits per heavy atom. The normalized spacial score (nSPS) is 11.1. The molecule has 264 valence electrons. The van der Waals surface area contributed by atoms with Crippen molar-refractivity contribution in [2.75, 3.05) is 0 Å². The van der Waals surface area contributed by atoms with Gasteiger partial charge >= 0.3 is 319 Å². The average Bonchev–Trinajstić information content (AvgIpc) is 3.27. The van der Waals surface area contributed by atoms with Gasteiger partial charge in [-0.15, -0.1) is 0 Å². The van der Waals surface area contributed by atoms with E-state index in [1.165, 1.54) is 12.4 Å². The van der Waals surface area contributed by atoms with Gasteiger partial charge in [0.05, 0.1) is 0 Å². The van der Waals surface area contributed by atoms with Crippen molar-refractivity contribution in [3.63, 3.8) is 0 Å². The number of rotatable bonds is 11. The quantitative estimate of drug-likeness (QED) is 0.107. The first-order valence-corrected chi connectivity index (χ1v) is 19.8. The van der Waals surface area contributed by atoms with Gasteiger partial charge in [0.1, 0.15) is 0 Å². The molecule has 0 aliphatic rings. The van der Waals surface area contributed by atoms with E-state index >= 15 is 0 Å². The van der Waals surface area contributed by atoms with Crippen LogP contribution >= 0.6 is 0 Å². The van der Waals surface area contributed by atoms with E-state index in [1.807, 2.05) is 146 Å². The van der Waals surface area contributed by atoms with Crippen molar-refractivity contribution >= 4 is 18.5 Å². The molecule has 0 aliphatic carbocycles.